The van der Waals surface area contributed by atoms with Crippen LogP contribution < -0.4 is 25.2 Å². The number of nitrogens with one attached hydrogen (secondary N) is 2. The Morgan fingerprint density at radius 2 is 1.79 bits per heavy atom. The number of benzene rings is 2. The highest BCUT2D eigenvalue weighted by molar-refractivity contribution is 6.30. The Hall–Kier alpha value is -3.26. The van der Waals surface area contributed by atoms with E-state index in [2.05, 4.69) is 10.9 Å². The van der Waals surface area contributed by atoms with E-state index in [0.717, 1.165) is 0 Å². The van der Waals surface area contributed by atoms with Gasteiger partial charge in [0, 0.05) is 29.6 Å². The number of hydrazine groups is 1. The molecule has 0 bridgehead atoms. The zero-order valence-corrected chi connectivity index (χ0v) is 16.7. The molecule has 1 fully saturated rings. The molecule has 0 saturated carbocycles. The predicted octanol–water partition coefficient (Wildman–Crippen LogP) is 2.17. The van der Waals surface area contributed by atoms with E-state index in [4.69, 9.17) is 21.1 Å². The van der Waals surface area contributed by atoms with Crippen molar-refractivity contribution in [3.05, 3.63) is 53.1 Å². The number of halogens is 1. The van der Waals surface area contributed by atoms with E-state index >= 15 is 0 Å². The van der Waals surface area contributed by atoms with Crippen LogP contribution in [-0.4, -0.2) is 38.5 Å². The fourth-order valence-electron chi connectivity index (χ4n) is 3.02. The minimum absolute atomic E-state index is 0.0169. The zero-order chi connectivity index (χ0) is 21.0. The van der Waals surface area contributed by atoms with E-state index in [-0.39, 0.29) is 18.9 Å². The lowest BCUT2D eigenvalue weighted by atomic mass is 10.1. The van der Waals surface area contributed by atoms with Crippen molar-refractivity contribution in [2.45, 2.75) is 6.42 Å². The Balaban J connectivity index is 1.64. The quantitative estimate of drug-likeness (QED) is 0.727. The van der Waals surface area contributed by atoms with Gasteiger partial charge >= 0.3 is 0 Å². The van der Waals surface area contributed by atoms with Gasteiger partial charge in [-0.25, -0.2) is 0 Å². The van der Waals surface area contributed by atoms with Crippen LogP contribution in [0, 0.1) is 5.92 Å². The van der Waals surface area contributed by atoms with E-state index in [9.17, 15) is 14.4 Å². The number of methoxy groups -OCH3 is 2. The molecule has 0 aliphatic carbocycles. The van der Waals surface area contributed by atoms with E-state index in [1.807, 2.05) is 0 Å². The Bertz CT molecular complexity index is 932. The molecule has 1 aliphatic heterocycles. The van der Waals surface area contributed by atoms with Crippen molar-refractivity contribution in [3.8, 4) is 11.5 Å². The number of carbonyl (C=O) groups excluding carboxylic acids is 3. The van der Waals surface area contributed by atoms with Gasteiger partial charge in [0.05, 0.1) is 25.8 Å². The van der Waals surface area contributed by atoms with Gasteiger partial charge in [-0.3, -0.25) is 25.2 Å². The second-order valence-corrected chi connectivity index (χ2v) is 6.83. The van der Waals surface area contributed by atoms with Gasteiger partial charge in [-0.15, -0.1) is 0 Å². The van der Waals surface area contributed by atoms with Crippen LogP contribution in [0.4, 0.5) is 5.69 Å². The van der Waals surface area contributed by atoms with Crippen molar-refractivity contribution in [3.63, 3.8) is 0 Å². The third-order valence-electron chi connectivity index (χ3n) is 4.58. The van der Waals surface area contributed by atoms with Crippen LogP contribution in [-0.2, 0) is 9.59 Å². The summed E-state index contributed by atoms with van der Waals surface area (Å²) in [6.45, 7) is 0.158. The summed E-state index contributed by atoms with van der Waals surface area (Å²) in [5, 5.41) is 0.503. The van der Waals surface area contributed by atoms with Gasteiger partial charge in [0.15, 0.2) is 0 Å². The molecule has 9 heteroatoms. The van der Waals surface area contributed by atoms with Crippen LogP contribution >= 0.6 is 11.6 Å². The van der Waals surface area contributed by atoms with Gasteiger partial charge < -0.3 is 14.4 Å². The lowest BCUT2D eigenvalue weighted by Gasteiger charge is -2.20. The molecule has 0 radical (unpaired) electrons. The summed E-state index contributed by atoms with van der Waals surface area (Å²) in [6.07, 6.45) is 0.0169. The lowest BCUT2D eigenvalue weighted by Crippen LogP contribution is -2.45. The Morgan fingerprint density at radius 1 is 1.07 bits per heavy atom. The summed E-state index contributed by atoms with van der Waals surface area (Å²) in [5.74, 6) is -0.715. The molecular formula is C20H20ClN3O5. The number of ether oxygens (including phenoxy) is 2. The third-order valence-corrected chi connectivity index (χ3v) is 4.83. The van der Waals surface area contributed by atoms with Crippen LogP contribution in [0.15, 0.2) is 42.5 Å². The number of rotatable bonds is 5. The van der Waals surface area contributed by atoms with E-state index < -0.39 is 17.7 Å². The van der Waals surface area contributed by atoms with Gasteiger partial charge in [0.25, 0.3) is 5.91 Å². The summed E-state index contributed by atoms with van der Waals surface area (Å²) in [5.41, 5.74) is 5.60. The van der Waals surface area contributed by atoms with E-state index in [1.54, 1.807) is 42.5 Å². The highest BCUT2D eigenvalue weighted by Crippen LogP contribution is 2.36. The normalized spacial score (nSPS) is 15.8. The molecule has 1 aliphatic rings. The molecule has 2 aromatic rings. The Kier molecular flexibility index (Phi) is 6.23. The lowest BCUT2D eigenvalue weighted by molar-refractivity contribution is -0.126. The van der Waals surface area contributed by atoms with Crippen LogP contribution in [0.1, 0.15) is 16.8 Å². The smallest absolute Gasteiger partial charge is 0.269 e. The number of amides is 3. The number of anilines is 1. The molecule has 2 N–H and O–H groups in total. The van der Waals surface area contributed by atoms with Crippen molar-refractivity contribution < 1.29 is 23.9 Å². The highest BCUT2D eigenvalue weighted by atomic mass is 35.5. The number of hydrogen-bond donors (Lipinski definition) is 2. The standard InChI is InChI=1S/C20H20ClN3O5/c1-28-15-7-8-17(29-2)16(10-15)24-11-13(9-18(24)25)20(27)23-22-19(26)12-3-5-14(21)6-4-12/h3-8,10,13H,9,11H2,1-2H3,(H,22,26)(H,23,27). The summed E-state index contributed by atoms with van der Waals surface area (Å²) >= 11 is 5.79. The van der Waals surface area contributed by atoms with Gasteiger partial charge in [-0.1, -0.05) is 11.6 Å². The predicted molar refractivity (Wildman–Crippen MR) is 107 cm³/mol. The van der Waals surface area contributed by atoms with E-state index in [0.29, 0.717) is 27.8 Å². The molecule has 2 aromatic carbocycles. The van der Waals surface area contributed by atoms with Crippen LogP contribution in [0.5, 0.6) is 11.5 Å². The van der Waals surface area contributed by atoms with E-state index in [1.165, 1.54) is 19.1 Å². The summed E-state index contributed by atoms with van der Waals surface area (Å²) in [6, 6.07) is 11.3. The number of hydrogen-bond acceptors (Lipinski definition) is 5. The first-order valence-electron chi connectivity index (χ1n) is 8.81. The largest absolute Gasteiger partial charge is 0.497 e. The molecule has 152 valence electrons. The molecule has 29 heavy (non-hydrogen) atoms. The molecule has 8 nitrogen and oxygen atoms in total. The van der Waals surface area contributed by atoms with Crippen molar-refractivity contribution in [2.24, 2.45) is 5.92 Å². The number of nitrogens with zero attached hydrogens (tertiary/aromatic N) is 1. The zero-order valence-electron chi connectivity index (χ0n) is 15.9. The average Bonchev–Trinajstić information content (AvgIpc) is 3.13. The van der Waals surface area contributed by atoms with Crippen LogP contribution in [0.3, 0.4) is 0 Å². The molecule has 1 atom stereocenters. The first-order valence-corrected chi connectivity index (χ1v) is 9.19. The van der Waals surface area contributed by atoms with Crippen molar-refractivity contribution >= 4 is 35.0 Å². The SMILES string of the molecule is COc1ccc(OC)c(N2CC(C(=O)NNC(=O)c3ccc(Cl)cc3)CC2=O)c1. The maximum Gasteiger partial charge on any atom is 0.269 e. The minimum Gasteiger partial charge on any atom is -0.497 e. The molecule has 1 heterocycles. The van der Waals surface area contributed by atoms with Gasteiger partial charge in [0.2, 0.25) is 11.8 Å². The van der Waals surface area contributed by atoms with Gasteiger partial charge in [0.1, 0.15) is 11.5 Å². The molecule has 3 amide bonds. The van der Waals surface area contributed by atoms with Gasteiger partial charge in [-0.2, -0.15) is 0 Å². The summed E-state index contributed by atoms with van der Waals surface area (Å²) in [7, 11) is 3.03. The van der Waals surface area contributed by atoms with Crippen molar-refractivity contribution in [2.75, 3.05) is 25.7 Å². The van der Waals surface area contributed by atoms with Crippen LogP contribution in [0.2, 0.25) is 5.02 Å². The fraction of sp³-hybridized carbons (Fsp3) is 0.250. The maximum absolute atomic E-state index is 12.5. The van der Waals surface area contributed by atoms with Crippen molar-refractivity contribution in [1.29, 1.82) is 0 Å². The molecule has 0 spiro atoms. The highest BCUT2D eigenvalue weighted by Gasteiger charge is 2.36. The fourth-order valence-corrected chi connectivity index (χ4v) is 3.14. The van der Waals surface area contributed by atoms with Gasteiger partial charge in [-0.05, 0) is 36.4 Å². The molecule has 1 unspecified atom stereocenters. The van der Waals surface area contributed by atoms with Crippen LogP contribution in [0.25, 0.3) is 0 Å². The minimum atomic E-state index is -0.621. The monoisotopic (exact) mass is 417 g/mol. The second kappa shape index (κ2) is 8.83. The van der Waals surface area contributed by atoms with Crippen molar-refractivity contribution in [1.82, 2.24) is 10.9 Å². The molecule has 1 saturated heterocycles. The Morgan fingerprint density at radius 3 is 2.45 bits per heavy atom. The second-order valence-electron chi connectivity index (χ2n) is 6.39. The topological polar surface area (TPSA) is 97.0 Å². The number of carbonyl (C=O) groups is 3. The summed E-state index contributed by atoms with van der Waals surface area (Å²) in [4.78, 5) is 38.5. The Labute approximate surface area is 172 Å². The summed E-state index contributed by atoms with van der Waals surface area (Å²) < 4.78 is 10.5. The molecule has 0 aromatic heterocycles. The third kappa shape index (κ3) is 4.60. The average molecular weight is 418 g/mol. The first kappa shape index (κ1) is 20.5. The molecular weight excluding hydrogens is 398 g/mol. The first-order chi connectivity index (χ1) is 13.9. The molecule has 3 rings (SSSR count). The maximum atomic E-state index is 12.5.